The summed E-state index contributed by atoms with van der Waals surface area (Å²) in [6.45, 7) is 7.60. The zero-order chi connectivity index (χ0) is 17.6. The molecule has 0 aliphatic carbocycles. The van der Waals surface area contributed by atoms with Crippen LogP contribution in [0.1, 0.15) is 32.6 Å². The number of aliphatic imine (C=N–C) groups is 1. The average Bonchev–Trinajstić information content (AvgIpc) is 2.60. The van der Waals surface area contributed by atoms with E-state index in [2.05, 4.69) is 22.5 Å². The molecule has 1 fully saturated rings. The topological polar surface area (TPSA) is 75.2 Å². The second-order valence-corrected chi connectivity index (χ2v) is 6.00. The Morgan fingerprint density at radius 2 is 2.00 bits per heavy atom. The fourth-order valence-electron chi connectivity index (χ4n) is 2.73. The van der Waals surface area contributed by atoms with E-state index >= 15 is 0 Å². The van der Waals surface area contributed by atoms with Crippen LogP contribution in [-0.4, -0.2) is 76.9 Å². The molecule has 0 aromatic carbocycles. The van der Waals surface area contributed by atoms with Crippen molar-refractivity contribution in [2.24, 2.45) is 10.9 Å². The Morgan fingerprint density at radius 3 is 2.62 bits per heavy atom. The first-order chi connectivity index (χ1) is 11.7. The molecule has 0 saturated carbocycles. The van der Waals surface area contributed by atoms with Crippen LogP contribution in [0.4, 0.5) is 0 Å². The van der Waals surface area contributed by atoms with Gasteiger partial charge in [0.15, 0.2) is 5.96 Å². The molecule has 0 spiro atoms. The highest BCUT2D eigenvalue weighted by atomic mass is 16.5. The van der Waals surface area contributed by atoms with Gasteiger partial charge in [0.25, 0.3) is 0 Å². The van der Waals surface area contributed by atoms with Gasteiger partial charge in [-0.05, 0) is 32.1 Å². The number of likely N-dealkylation sites (tertiary alicyclic amines) is 1. The summed E-state index contributed by atoms with van der Waals surface area (Å²) in [5.74, 6) is 1.61. The largest absolute Gasteiger partial charge is 0.382 e. The van der Waals surface area contributed by atoms with Crippen LogP contribution in [0.3, 0.4) is 0 Å². The molecule has 2 N–H and O–H groups in total. The number of hydrogen-bond donors (Lipinski definition) is 2. The number of amides is 1. The SMILES string of the molecule is CCNC(=NCCCOCCOC)N1CCC(CC(=O)NC)CC1. The second-order valence-electron chi connectivity index (χ2n) is 6.00. The maximum atomic E-state index is 11.5. The van der Waals surface area contributed by atoms with Gasteiger partial charge in [-0.1, -0.05) is 0 Å². The number of carbonyl (C=O) groups is 1. The number of rotatable bonds is 10. The van der Waals surface area contributed by atoms with E-state index in [-0.39, 0.29) is 5.91 Å². The molecule has 1 heterocycles. The lowest BCUT2D eigenvalue weighted by Crippen LogP contribution is -2.46. The lowest BCUT2D eigenvalue weighted by molar-refractivity contribution is -0.121. The van der Waals surface area contributed by atoms with Gasteiger partial charge in [-0.25, -0.2) is 0 Å². The number of guanidine groups is 1. The predicted molar refractivity (Wildman–Crippen MR) is 96.3 cm³/mol. The Hall–Kier alpha value is -1.34. The molecule has 1 saturated heterocycles. The van der Waals surface area contributed by atoms with Crippen molar-refractivity contribution in [2.75, 3.05) is 60.2 Å². The van der Waals surface area contributed by atoms with Crippen LogP contribution in [0, 0.1) is 5.92 Å². The van der Waals surface area contributed by atoms with Crippen LogP contribution < -0.4 is 10.6 Å². The summed E-state index contributed by atoms with van der Waals surface area (Å²) in [7, 11) is 3.38. The van der Waals surface area contributed by atoms with E-state index in [9.17, 15) is 4.79 Å². The monoisotopic (exact) mass is 342 g/mol. The second kappa shape index (κ2) is 13.0. The van der Waals surface area contributed by atoms with E-state index in [0.717, 1.165) is 51.4 Å². The van der Waals surface area contributed by atoms with Gasteiger partial charge in [-0.15, -0.1) is 0 Å². The van der Waals surface area contributed by atoms with Gasteiger partial charge in [-0.2, -0.15) is 0 Å². The van der Waals surface area contributed by atoms with E-state index in [0.29, 0.717) is 32.2 Å². The molecule has 24 heavy (non-hydrogen) atoms. The van der Waals surface area contributed by atoms with E-state index in [1.54, 1.807) is 14.2 Å². The van der Waals surface area contributed by atoms with E-state index < -0.39 is 0 Å². The third-order valence-corrected chi connectivity index (χ3v) is 4.14. The number of hydrogen-bond acceptors (Lipinski definition) is 4. The molecule has 0 aromatic heterocycles. The quantitative estimate of drug-likeness (QED) is 0.350. The standard InChI is InChI=1S/C17H34N4O3/c1-4-19-17(20-8-5-11-24-13-12-23-3)21-9-6-15(7-10-21)14-16(22)18-2/h15H,4-14H2,1-3H3,(H,18,22)(H,19,20). The summed E-state index contributed by atoms with van der Waals surface area (Å²) in [6, 6.07) is 0. The van der Waals surface area contributed by atoms with E-state index in [1.807, 2.05) is 0 Å². The maximum absolute atomic E-state index is 11.5. The van der Waals surface area contributed by atoms with Crippen molar-refractivity contribution in [1.82, 2.24) is 15.5 Å². The van der Waals surface area contributed by atoms with Crippen LogP contribution >= 0.6 is 0 Å². The molecule has 7 heteroatoms. The Bertz CT molecular complexity index is 369. The minimum Gasteiger partial charge on any atom is -0.382 e. The number of nitrogens with zero attached hydrogens (tertiary/aromatic N) is 2. The summed E-state index contributed by atoms with van der Waals surface area (Å²) >= 11 is 0. The van der Waals surface area contributed by atoms with Crippen molar-refractivity contribution in [3.05, 3.63) is 0 Å². The normalized spacial score (nSPS) is 16.3. The fraction of sp³-hybridized carbons (Fsp3) is 0.882. The van der Waals surface area contributed by atoms with Gasteiger partial charge in [0.2, 0.25) is 5.91 Å². The third-order valence-electron chi connectivity index (χ3n) is 4.14. The lowest BCUT2D eigenvalue weighted by atomic mass is 9.93. The molecular weight excluding hydrogens is 308 g/mol. The number of ether oxygens (including phenoxy) is 2. The number of piperidine rings is 1. The first-order valence-corrected chi connectivity index (χ1v) is 9.01. The van der Waals surface area contributed by atoms with Crippen molar-refractivity contribution in [3.63, 3.8) is 0 Å². The fourth-order valence-corrected chi connectivity index (χ4v) is 2.73. The molecule has 1 rings (SSSR count). The smallest absolute Gasteiger partial charge is 0.220 e. The molecule has 140 valence electrons. The van der Waals surface area contributed by atoms with Gasteiger partial charge in [-0.3, -0.25) is 9.79 Å². The average molecular weight is 342 g/mol. The van der Waals surface area contributed by atoms with Crippen molar-refractivity contribution in [3.8, 4) is 0 Å². The third kappa shape index (κ3) is 8.49. The summed E-state index contributed by atoms with van der Waals surface area (Å²) in [4.78, 5) is 18.5. The number of nitrogens with one attached hydrogen (secondary N) is 2. The lowest BCUT2D eigenvalue weighted by Gasteiger charge is -2.34. The molecule has 0 unspecified atom stereocenters. The Balaban J connectivity index is 2.31. The van der Waals surface area contributed by atoms with Gasteiger partial charge in [0.05, 0.1) is 13.2 Å². The molecule has 1 amide bonds. The van der Waals surface area contributed by atoms with Gasteiger partial charge in [0, 0.05) is 53.4 Å². The molecule has 0 bridgehead atoms. The van der Waals surface area contributed by atoms with Crippen LogP contribution in [0.25, 0.3) is 0 Å². The number of carbonyl (C=O) groups excluding carboxylic acids is 1. The predicted octanol–water partition coefficient (Wildman–Crippen LogP) is 0.853. The molecule has 0 atom stereocenters. The molecule has 7 nitrogen and oxygen atoms in total. The van der Waals surface area contributed by atoms with Gasteiger partial charge in [0.1, 0.15) is 0 Å². The molecule has 0 radical (unpaired) electrons. The maximum Gasteiger partial charge on any atom is 0.220 e. The van der Waals surface area contributed by atoms with E-state index in [1.165, 1.54) is 0 Å². The van der Waals surface area contributed by atoms with Crippen LogP contribution in [0.5, 0.6) is 0 Å². The van der Waals surface area contributed by atoms with Gasteiger partial charge < -0.3 is 25.0 Å². The van der Waals surface area contributed by atoms with Crippen molar-refractivity contribution in [1.29, 1.82) is 0 Å². The highest BCUT2D eigenvalue weighted by Gasteiger charge is 2.22. The molecule has 1 aliphatic heterocycles. The first-order valence-electron chi connectivity index (χ1n) is 9.01. The van der Waals surface area contributed by atoms with Crippen LogP contribution in [0.15, 0.2) is 4.99 Å². The van der Waals surface area contributed by atoms with E-state index in [4.69, 9.17) is 14.5 Å². The zero-order valence-electron chi connectivity index (χ0n) is 15.5. The highest BCUT2D eigenvalue weighted by Crippen LogP contribution is 2.20. The Labute approximate surface area is 146 Å². The summed E-state index contributed by atoms with van der Waals surface area (Å²) < 4.78 is 10.4. The first kappa shape index (κ1) is 20.7. The van der Waals surface area contributed by atoms with Crippen LogP contribution in [0.2, 0.25) is 0 Å². The summed E-state index contributed by atoms with van der Waals surface area (Å²) in [6.07, 6.45) is 3.62. The minimum atomic E-state index is 0.141. The zero-order valence-corrected chi connectivity index (χ0v) is 15.5. The molecule has 0 aromatic rings. The van der Waals surface area contributed by atoms with Crippen molar-refractivity contribution < 1.29 is 14.3 Å². The molecule has 1 aliphatic rings. The molecular formula is C17H34N4O3. The van der Waals surface area contributed by atoms with Crippen molar-refractivity contribution >= 4 is 11.9 Å². The summed E-state index contributed by atoms with van der Waals surface area (Å²) in [5, 5.41) is 6.08. The Kier molecular flexibility index (Phi) is 11.2. The van der Waals surface area contributed by atoms with Crippen molar-refractivity contribution in [2.45, 2.75) is 32.6 Å². The van der Waals surface area contributed by atoms with Crippen LogP contribution in [-0.2, 0) is 14.3 Å². The number of methoxy groups -OCH3 is 1. The van der Waals surface area contributed by atoms with Gasteiger partial charge >= 0.3 is 0 Å². The Morgan fingerprint density at radius 1 is 1.25 bits per heavy atom. The summed E-state index contributed by atoms with van der Waals surface area (Å²) in [5.41, 5.74) is 0. The minimum absolute atomic E-state index is 0.141. The highest BCUT2D eigenvalue weighted by molar-refractivity contribution is 5.80.